The van der Waals surface area contributed by atoms with Crippen LogP contribution in [0, 0.1) is 0 Å². The molecule has 4 nitrogen and oxygen atoms in total. The fourth-order valence-electron chi connectivity index (χ4n) is 2.60. The van der Waals surface area contributed by atoms with Crippen molar-refractivity contribution in [2.45, 2.75) is 38.1 Å². The van der Waals surface area contributed by atoms with Crippen molar-refractivity contribution in [2.75, 3.05) is 19.7 Å². The third-order valence-corrected chi connectivity index (χ3v) is 3.49. The van der Waals surface area contributed by atoms with Crippen LogP contribution in [0.5, 0.6) is 0 Å². The Hall–Kier alpha value is -0.870. The second-order valence-corrected chi connectivity index (χ2v) is 4.68. The molecule has 0 aromatic carbocycles. The summed E-state index contributed by atoms with van der Waals surface area (Å²) in [5.41, 5.74) is -0.309. The largest absolute Gasteiger partial charge is 0.375 e. The van der Waals surface area contributed by atoms with E-state index in [1.165, 1.54) is 6.08 Å². The maximum absolute atomic E-state index is 11.7. The lowest BCUT2D eigenvalue weighted by atomic mass is 9.93. The van der Waals surface area contributed by atoms with Crippen LogP contribution in [0.1, 0.15) is 20.3 Å². The van der Waals surface area contributed by atoms with E-state index in [9.17, 15) is 4.79 Å². The number of carbonyl (C=O) groups is 1. The van der Waals surface area contributed by atoms with Crippen LogP contribution >= 0.6 is 0 Å². The van der Waals surface area contributed by atoms with E-state index >= 15 is 0 Å². The van der Waals surface area contributed by atoms with Gasteiger partial charge < -0.3 is 14.4 Å². The molecule has 2 saturated heterocycles. The molecule has 16 heavy (non-hydrogen) atoms. The van der Waals surface area contributed by atoms with Gasteiger partial charge in [-0.2, -0.15) is 0 Å². The van der Waals surface area contributed by atoms with Gasteiger partial charge in [0.15, 0.2) is 0 Å². The molecule has 0 N–H and O–H groups in total. The molecular formula is C12H19NO3. The molecule has 0 radical (unpaired) electrons. The Kier molecular flexibility index (Phi) is 3.04. The van der Waals surface area contributed by atoms with E-state index in [4.69, 9.17) is 9.47 Å². The first kappa shape index (κ1) is 11.6. The highest BCUT2D eigenvalue weighted by Gasteiger charge is 2.48. The van der Waals surface area contributed by atoms with Crippen molar-refractivity contribution in [3.8, 4) is 0 Å². The summed E-state index contributed by atoms with van der Waals surface area (Å²) < 4.78 is 11.6. The minimum absolute atomic E-state index is 0.0198. The number of nitrogens with zero attached hydrogens (tertiary/aromatic N) is 1. The Morgan fingerprint density at radius 3 is 2.88 bits per heavy atom. The van der Waals surface area contributed by atoms with E-state index in [1.807, 2.05) is 18.7 Å². The van der Waals surface area contributed by atoms with Crippen molar-refractivity contribution < 1.29 is 14.3 Å². The van der Waals surface area contributed by atoms with Crippen LogP contribution in [-0.4, -0.2) is 48.3 Å². The van der Waals surface area contributed by atoms with Gasteiger partial charge in [0.2, 0.25) is 5.91 Å². The van der Waals surface area contributed by atoms with Crippen LogP contribution in [0.25, 0.3) is 0 Å². The number of hydrogen-bond acceptors (Lipinski definition) is 3. The van der Waals surface area contributed by atoms with Gasteiger partial charge in [-0.15, -0.1) is 0 Å². The summed E-state index contributed by atoms with van der Waals surface area (Å²) in [6, 6.07) is 0. The van der Waals surface area contributed by atoms with Gasteiger partial charge in [0, 0.05) is 19.6 Å². The molecule has 2 heterocycles. The summed E-state index contributed by atoms with van der Waals surface area (Å²) in [5, 5.41) is 0. The van der Waals surface area contributed by atoms with E-state index in [0.717, 1.165) is 6.42 Å². The molecule has 90 valence electrons. The number of ether oxygens (including phenoxy) is 2. The van der Waals surface area contributed by atoms with Crippen molar-refractivity contribution in [3.63, 3.8) is 0 Å². The van der Waals surface area contributed by atoms with E-state index in [-0.39, 0.29) is 23.7 Å². The highest BCUT2D eigenvalue weighted by molar-refractivity contribution is 5.87. The molecule has 0 bridgehead atoms. The molecule has 3 atom stereocenters. The Balaban J connectivity index is 2.16. The predicted octanol–water partition coefficient (Wildman–Crippen LogP) is 0.967. The van der Waals surface area contributed by atoms with Gasteiger partial charge in [0.05, 0.1) is 18.8 Å². The zero-order valence-corrected chi connectivity index (χ0v) is 9.94. The highest BCUT2D eigenvalue weighted by atomic mass is 16.6. The topological polar surface area (TPSA) is 38.8 Å². The van der Waals surface area contributed by atoms with Gasteiger partial charge in [-0.3, -0.25) is 4.79 Å². The van der Waals surface area contributed by atoms with Crippen molar-refractivity contribution in [3.05, 3.63) is 12.7 Å². The van der Waals surface area contributed by atoms with Crippen LogP contribution in [0.2, 0.25) is 0 Å². The maximum Gasteiger partial charge on any atom is 0.246 e. The molecule has 0 aliphatic carbocycles. The normalized spacial score (nSPS) is 39.0. The lowest BCUT2D eigenvalue weighted by Gasteiger charge is -2.44. The molecule has 4 heteroatoms. The molecule has 3 unspecified atom stereocenters. The average Bonchev–Trinajstić information content (AvgIpc) is 2.58. The Bertz CT molecular complexity index is 305. The Morgan fingerprint density at radius 2 is 2.31 bits per heavy atom. The van der Waals surface area contributed by atoms with Crippen molar-refractivity contribution in [1.82, 2.24) is 4.90 Å². The van der Waals surface area contributed by atoms with Gasteiger partial charge in [-0.25, -0.2) is 0 Å². The summed E-state index contributed by atoms with van der Waals surface area (Å²) in [6.07, 6.45) is 2.34. The number of hydrogen-bond donors (Lipinski definition) is 0. The molecule has 2 rings (SSSR count). The van der Waals surface area contributed by atoms with Crippen molar-refractivity contribution in [1.29, 1.82) is 0 Å². The zero-order chi connectivity index (χ0) is 11.8. The summed E-state index contributed by atoms with van der Waals surface area (Å²) in [4.78, 5) is 13.5. The van der Waals surface area contributed by atoms with Crippen molar-refractivity contribution in [2.24, 2.45) is 0 Å². The van der Waals surface area contributed by atoms with Crippen LogP contribution in [0.4, 0.5) is 0 Å². The molecule has 0 aromatic heterocycles. The minimum Gasteiger partial charge on any atom is -0.375 e. The van der Waals surface area contributed by atoms with Crippen LogP contribution < -0.4 is 0 Å². The van der Waals surface area contributed by atoms with E-state index in [1.54, 1.807) is 0 Å². The monoisotopic (exact) mass is 225 g/mol. The highest BCUT2D eigenvalue weighted by Crippen LogP contribution is 2.34. The van der Waals surface area contributed by atoms with E-state index in [0.29, 0.717) is 19.7 Å². The Labute approximate surface area is 96.2 Å². The van der Waals surface area contributed by atoms with Gasteiger partial charge in [-0.1, -0.05) is 6.58 Å². The van der Waals surface area contributed by atoms with Crippen molar-refractivity contribution >= 4 is 5.91 Å². The zero-order valence-electron chi connectivity index (χ0n) is 9.94. The number of amides is 1. The maximum atomic E-state index is 11.7. The van der Waals surface area contributed by atoms with Crippen LogP contribution in [0.3, 0.4) is 0 Å². The second kappa shape index (κ2) is 4.18. The smallest absolute Gasteiger partial charge is 0.246 e. The first-order chi connectivity index (χ1) is 7.57. The van der Waals surface area contributed by atoms with Crippen LogP contribution in [0.15, 0.2) is 12.7 Å². The third-order valence-electron chi connectivity index (χ3n) is 3.49. The summed E-state index contributed by atoms with van der Waals surface area (Å²) in [5.74, 6) is -0.0198. The molecular weight excluding hydrogens is 206 g/mol. The van der Waals surface area contributed by atoms with Gasteiger partial charge in [0.25, 0.3) is 0 Å². The molecule has 0 aromatic rings. The lowest BCUT2D eigenvalue weighted by Crippen LogP contribution is -2.59. The number of carbonyl (C=O) groups excluding carboxylic acids is 1. The summed E-state index contributed by atoms with van der Waals surface area (Å²) in [6.45, 7) is 9.51. The Morgan fingerprint density at radius 1 is 1.56 bits per heavy atom. The minimum atomic E-state index is -0.309. The first-order valence-corrected chi connectivity index (χ1v) is 5.78. The fraction of sp³-hybridized carbons (Fsp3) is 0.750. The number of rotatable bonds is 1. The molecule has 1 spiro atoms. The standard InChI is InChI=1S/C12H19NO3/c1-4-11(14)13-7-9(2)16-12(8-13)5-6-15-10(12)3/h4,9-10H,1,5-8H2,2-3H3. The average molecular weight is 225 g/mol. The molecule has 0 saturated carbocycles. The predicted molar refractivity (Wildman–Crippen MR) is 60.1 cm³/mol. The summed E-state index contributed by atoms with van der Waals surface area (Å²) >= 11 is 0. The van der Waals surface area contributed by atoms with E-state index in [2.05, 4.69) is 6.58 Å². The molecule has 1 amide bonds. The molecule has 2 aliphatic rings. The third kappa shape index (κ3) is 1.87. The quantitative estimate of drug-likeness (QED) is 0.624. The van der Waals surface area contributed by atoms with Gasteiger partial charge in [0.1, 0.15) is 5.60 Å². The van der Waals surface area contributed by atoms with E-state index < -0.39 is 0 Å². The summed E-state index contributed by atoms with van der Waals surface area (Å²) in [7, 11) is 0. The van der Waals surface area contributed by atoms with Gasteiger partial charge in [-0.05, 0) is 19.9 Å². The fourth-order valence-corrected chi connectivity index (χ4v) is 2.60. The van der Waals surface area contributed by atoms with Gasteiger partial charge >= 0.3 is 0 Å². The molecule has 2 fully saturated rings. The lowest BCUT2D eigenvalue weighted by molar-refractivity contribution is -0.176. The SMILES string of the molecule is C=CC(=O)N1CC(C)OC2(CCOC2C)C1. The molecule has 2 aliphatic heterocycles. The second-order valence-electron chi connectivity index (χ2n) is 4.68. The number of morpholine rings is 1. The van der Waals surface area contributed by atoms with Crippen LogP contribution in [-0.2, 0) is 14.3 Å². The first-order valence-electron chi connectivity index (χ1n) is 5.78.